The number of benzene rings is 2. The zero-order valence-electron chi connectivity index (χ0n) is 15.2. The van der Waals surface area contributed by atoms with Crippen molar-refractivity contribution in [2.45, 2.75) is 44.8 Å². The summed E-state index contributed by atoms with van der Waals surface area (Å²) < 4.78 is 0. The molecule has 2 aromatic carbocycles. The average molecular weight is 364 g/mol. The van der Waals surface area contributed by atoms with Crippen LogP contribution in [0.5, 0.6) is 0 Å². The molecular weight excluding hydrogens is 340 g/mol. The first kappa shape index (κ1) is 17.6. The minimum absolute atomic E-state index is 0.0573. The zero-order valence-corrected chi connectivity index (χ0v) is 15.2. The van der Waals surface area contributed by atoms with E-state index >= 15 is 0 Å². The molecule has 4 rings (SSSR count). The van der Waals surface area contributed by atoms with Crippen LogP contribution in [0.15, 0.2) is 48.5 Å². The van der Waals surface area contributed by atoms with Gasteiger partial charge in [0.2, 0.25) is 0 Å². The number of urea groups is 1. The molecule has 0 unspecified atom stereocenters. The Bertz CT molecular complexity index is 809. The van der Waals surface area contributed by atoms with Crippen molar-refractivity contribution in [3.05, 3.63) is 59.7 Å². The summed E-state index contributed by atoms with van der Waals surface area (Å²) in [6.07, 6.45) is 2.71. The number of carboxylic acids is 1. The fraction of sp³-hybridized carbons (Fsp3) is 0.364. The van der Waals surface area contributed by atoms with Crippen molar-refractivity contribution in [2.24, 2.45) is 5.92 Å². The second kappa shape index (κ2) is 7.43. The molecule has 2 amide bonds. The predicted molar refractivity (Wildman–Crippen MR) is 103 cm³/mol. The molecule has 2 aliphatic rings. The topological polar surface area (TPSA) is 69.6 Å². The maximum absolute atomic E-state index is 13.0. The molecule has 140 valence electrons. The van der Waals surface area contributed by atoms with Crippen LogP contribution in [0.4, 0.5) is 4.79 Å². The van der Waals surface area contributed by atoms with Gasteiger partial charge in [-0.15, -0.1) is 0 Å². The number of nitrogens with one attached hydrogen (secondary N) is 1. The molecule has 5 nitrogen and oxygen atoms in total. The summed E-state index contributed by atoms with van der Waals surface area (Å²) in [6, 6.07) is 16.5. The normalized spacial score (nSPS) is 21.6. The third-order valence-electron chi connectivity index (χ3n) is 5.74. The van der Waals surface area contributed by atoms with Gasteiger partial charge in [-0.1, -0.05) is 48.5 Å². The van der Waals surface area contributed by atoms with Crippen LogP contribution >= 0.6 is 0 Å². The SMILES string of the molecule is O=C(O)C1CCC(NC(=O)N2Cc3ccccc3-c3ccccc3C2)CC1. The van der Waals surface area contributed by atoms with E-state index in [2.05, 4.69) is 29.6 Å². The molecule has 2 N–H and O–H groups in total. The van der Waals surface area contributed by atoms with Crippen molar-refractivity contribution in [3.8, 4) is 11.1 Å². The van der Waals surface area contributed by atoms with Gasteiger partial charge >= 0.3 is 12.0 Å². The van der Waals surface area contributed by atoms with Gasteiger partial charge in [-0.3, -0.25) is 4.79 Å². The third-order valence-corrected chi connectivity index (χ3v) is 5.74. The van der Waals surface area contributed by atoms with Gasteiger partial charge in [0.25, 0.3) is 0 Å². The number of carbonyl (C=O) groups excluding carboxylic acids is 1. The number of carbonyl (C=O) groups is 2. The second-order valence-corrected chi connectivity index (χ2v) is 7.51. The summed E-state index contributed by atoms with van der Waals surface area (Å²) >= 11 is 0. The molecule has 0 radical (unpaired) electrons. The Morgan fingerprint density at radius 3 is 1.89 bits per heavy atom. The van der Waals surface area contributed by atoms with E-state index < -0.39 is 5.97 Å². The maximum atomic E-state index is 13.0. The van der Waals surface area contributed by atoms with Crippen molar-refractivity contribution < 1.29 is 14.7 Å². The van der Waals surface area contributed by atoms with Crippen LogP contribution in [-0.2, 0) is 17.9 Å². The molecule has 5 heteroatoms. The number of rotatable bonds is 2. The number of aliphatic carboxylic acids is 1. The first-order chi connectivity index (χ1) is 13.1. The van der Waals surface area contributed by atoms with Gasteiger partial charge in [-0.05, 0) is 47.9 Å². The molecule has 0 atom stereocenters. The van der Waals surface area contributed by atoms with E-state index in [1.54, 1.807) is 0 Å². The van der Waals surface area contributed by atoms with Crippen molar-refractivity contribution in [1.29, 1.82) is 0 Å². The Morgan fingerprint density at radius 2 is 1.37 bits per heavy atom. The first-order valence-electron chi connectivity index (χ1n) is 9.56. The van der Waals surface area contributed by atoms with E-state index in [0.29, 0.717) is 25.9 Å². The van der Waals surface area contributed by atoms with E-state index in [4.69, 9.17) is 5.11 Å². The lowest BCUT2D eigenvalue weighted by molar-refractivity contribution is -0.142. The first-order valence-corrected chi connectivity index (χ1v) is 9.56. The van der Waals surface area contributed by atoms with Crippen molar-refractivity contribution in [1.82, 2.24) is 10.2 Å². The van der Waals surface area contributed by atoms with E-state index in [1.807, 2.05) is 29.2 Å². The minimum Gasteiger partial charge on any atom is -0.481 e. The van der Waals surface area contributed by atoms with Gasteiger partial charge in [0.05, 0.1) is 5.92 Å². The van der Waals surface area contributed by atoms with Crippen LogP contribution in [-0.4, -0.2) is 28.0 Å². The summed E-state index contributed by atoms with van der Waals surface area (Å²) in [6.45, 7) is 1.14. The Labute approximate surface area is 159 Å². The largest absolute Gasteiger partial charge is 0.481 e. The molecule has 0 bridgehead atoms. The monoisotopic (exact) mass is 364 g/mol. The van der Waals surface area contributed by atoms with Crippen molar-refractivity contribution in [3.63, 3.8) is 0 Å². The third kappa shape index (κ3) is 3.68. The highest BCUT2D eigenvalue weighted by molar-refractivity contribution is 5.78. The lowest BCUT2D eigenvalue weighted by Gasteiger charge is -2.30. The number of fused-ring (bicyclic) bond motifs is 3. The second-order valence-electron chi connectivity index (χ2n) is 7.51. The Hall–Kier alpha value is -2.82. The molecule has 27 heavy (non-hydrogen) atoms. The minimum atomic E-state index is -0.722. The van der Waals surface area contributed by atoms with Crippen LogP contribution in [0.3, 0.4) is 0 Å². The summed E-state index contributed by atoms with van der Waals surface area (Å²) in [7, 11) is 0. The number of hydrogen-bond acceptors (Lipinski definition) is 2. The molecule has 0 aromatic heterocycles. The Balaban J connectivity index is 1.50. The summed E-state index contributed by atoms with van der Waals surface area (Å²) in [5.41, 5.74) is 4.66. The molecule has 1 fully saturated rings. The van der Waals surface area contributed by atoms with Crippen molar-refractivity contribution in [2.75, 3.05) is 0 Å². The summed E-state index contributed by atoms with van der Waals surface area (Å²) in [4.78, 5) is 25.9. The van der Waals surface area contributed by atoms with Crippen LogP contribution in [0.25, 0.3) is 11.1 Å². The summed E-state index contributed by atoms with van der Waals surface area (Å²) in [5.74, 6) is -0.990. The van der Waals surface area contributed by atoms with Gasteiger partial charge in [-0.2, -0.15) is 0 Å². The molecule has 0 spiro atoms. The summed E-state index contributed by atoms with van der Waals surface area (Å²) in [5, 5.41) is 12.3. The quantitative estimate of drug-likeness (QED) is 0.845. The van der Waals surface area contributed by atoms with E-state index in [9.17, 15) is 9.59 Å². The van der Waals surface area contributed by atoms with Crippen molar-refractivity contribution >= 4 is 12.0 Å². The molecule has 1 heterocycles. The molecule has 2 aromatic rings. The average Bonchev–Trinajstić information content (AvgIpc) is 2.85. The molecule has 1 aliphatic carbocycles. The highest BCUT2D eigenvalue weighted by Crippen LogP contribution is 2.32. The van der Waals surface area contributed by atoms with Gasteiger partial charge in [-0.25, -0.2) is 4.79 Å². The number of hydrogen-bond donors (Lipinski definition) is 2. The van der Waals surface area contributed by atoms with E-state index in [-0.39, 0.29) is 18.0 Å². The van der Waals surface area contributed by atoms with Crippen LogP contribution < -0.4 is 5.32 Å². The van der Waals surface area contributed by atoms with Gasteiger partial charge in [0.15, 0.2) is 0 Å². The molecule has 0 saturated heterocycles. The standard InChI is InChI=1S/C22H24N2O3/c25-21(26)15-9-11-18(12-10-15)23-22(27)24-13-16-5-1-3-7-19(16)20-8-4-2-6-17(20)14-24/h1-8,15,18H,9-14H2,(H,23,27)(H,25,26). The molecular formula is C22H24N2O3. The number of carboxylic acid groups (broad SMARTS) is 1. The zero-order chi connectivity index (χ0) is 18.8. The number of amides is 2. The van der Waals surface area contributed by atoms with Crippen LogP contribution in [0.1, 0.15) is 36.8 Å². The van der Waals surface area contributed by atoms with Gasteiger partial charge in [0.1, 0.15) is 0 Å². The highest BCUT2D eigenvalue weighted by atomic mass is 16.4. The lowest BCUT2D eigenvalue weighted by atomic mass is 9.86. The van der Waals surface area contributed by atoms with E-state index in [1.165, 1.54) is 11.1 Å². The van der Waals surface area contributed by atoms with Gasteiger partial charge in [0, 0.05) is 19.1 Å². The molecule has 1 saturated carbocycles. The van der Waals surface area contributed by atoms with Crippen LogP contribution in [0, 0.1) is 5.92 Å². The van der Waals surface area contributed by atoms with Gasteiger partial charge < -0.3 is 15.3 Å². The Kier molecular flexibility index (Phi) is 4.84. The maximum Gasteiger partial charge on any atom is 0.318 e. The smallest absolute Gasteiger partial charge is 0.318 e. The van der Waals surface area contributed by atoms with E-state index in [0.717, 1.165) is 24.0 Å². The number of nitrogens with zero attached hydrogens (tertiary/aromatic N) is 1. The lowest BCUT2D eigenvalue weighted by Crippen LogP contribution is -2.45. The fourth-order valence-electron chi connectivity index (χ4n) is 4.20. The fourth-order valence-corrected chi connectivity index (χ4v) is 4.20. The van der Waals surface area contributed by atoms with Crippen LogP contribution in [0.2, 0.25) is 0 Å². The predicted octanol–water partition coefficient (Wildman–Crippen LogP) is 4.02. The molecule has 1 aliphatic heterocycles. The Morgan fingerprint density at radius 1 is 0.852 bits per heavy atom. The highest BCUT2D eigenvalue weighted by Gasteiger charge is 2.29.